The van der Waals surface area contributed by atoms with Crippen LogP contribution in [0.5, 0.6) is 0 Å². The number of carbonyl (C=O) groups is 1. The minimum atomic E-state index is -0.0838. The molecule has 0 aliphatic heterocycles. The molecule has 0 bridgehead atoms. The van der Waals surface area contributed by atoms with Gasteiger partial charge in [0, 0.05) is 17.5 Å². The molecular weight excluding hydrogens is 232 g/mol. The van der Waals surface area contributed by atoms with Gasteiger partial charge in [-0.2, -0.15) is 11.8 Å². The van der Waals surface area contributed by atoms with Gasteiger partial charge >= 0.3 is 0 Å². The van der Waals surface area contributed by atoms with Crippen molar-refractivity contribution in [1.82, 2.24) is 5.32 Å². The van der Waals surface area contributed by atoms with Crippen molar-refractivity contribution in [2.75, 3.05) is 18.5 Å². The molecule has 3 nitrogen and oxygen atoms in total. The summed E-state index contributed by atoms with van der Waals surface area (Å²) < 4.78 is 0. The molecule has 1 aromatic rings. The fraction of sp³-hybridized carbons (Fsp3) is 0.462. The second kappa shape index (κ2) is 6.55. The summed E-state index contributed by atoms with van der Waals surface area (Å²) >= 11 is 1.80. The van der Waals surface area contributed by atoms with Crippen molar-refractivity contribution in [3.05, 3.63) is 29.3 Å². The monoisotopic (exact) mass is 252 g/mol. The molecule has 3 N–H and O–H groups in total. The summed E-state index contributed by atoms with van der Waals surface area (Å²) in [4.78, 5) is 11.9. The van der Waals surface area contributed by atoms with E-state index in [1.54, 1.807) is 17.8 Å². The third kappa shape index (κ3) is 4.30. The second-order valence-corrected chi connectivity index (χ2v) is 5.46. The SMILES string of the molecule is CSC(C)CCNC(=O)c1cc(C)ccc1N. The first-order valence-electron chi connectivity index (χ1n) is 5.71. The molecule has 0 aliphatic rings. The zero-order valence-corrected chi connectivity index (χ0v) is 11.4. The maximum Gasteiger partial charge on any atom is 0.253 e. The maximum atomic E-state index is 11.9. The van der Waals surface area contributed by atoms with Crippen LogP contribution in [0.25, 0.3) is 0 Å². The van der Waals surface area contributed by atoms with E-state index in [1.807, 2.05) is 19.1 Å². The van der Waals surface area contributed by atoms with Crippen LogP contribution in [0.4, 0.5) is 5.69 Å². The highest BCUT2D eigenvalue weighted by Crippen LogP contribution is 2.14. The van der Waals surface area contributed by atoms with Gasteiger partial charge in [-0.3, -0.25) is 4.79 Å². The van der Waals surface area contributed by atoms with Crippen LogP contribution in [0.2, 0.25) is 0 Å². The average molecular weight is 252 g/mol. The molecule has 17 heavy (non-hydrogen) atoms. The molecule has 0 saturated carbocycles. The summed E-state index contributed by atoms with van der Waals surface area (Å²) in [6, 6.07) is 5.50. The molecule has 0 spiro atoms. The zero-order valence-electron chi connectivity index (χ0n) is 10.6. The van der Waals surface area contributed by atoms with Crippen LogP contribution in [-0.2, 0) is 0 Å². The number of nitrogen functional groups attached to an aromatic ring is 1. The van der Waals surface area contributed by atoms with Crippen molar-refractivity contribution < 1.29 is 4.79 Å². The quantitative estimate of drug-likeness (QED) is 0.791. The number of amides is 1. The highest BCUT2D eigenvalue weighted by atomic mass is 32.2. The van der Waals surface area contributed by atoms with Crippen molar-refractivity contribution in [1.29, 1.82) is 0 Å². The Morgan fingerprint density at radius 2 is 2.24 bits per heavy atom. The number of nitrogens with two attached hydrogens (primary N) is 1. The van der Waals surface area contributed by atoms with Crippen LogP contribution in [0.1, 0.15) is 29.3 Å². The van der Waals surface area contributed by atoms with Gasteiger partial charge < -0.3 is 11.1 Å². The molecule has 1 aromatic carbocycles. The Bertz CT molecular complexity index is 393. The Hall–Kier alpha value is -1.16. The minimum absolute atomic E-state index is 0.0838. The molecular formula is C13H20N2OS. The molecule has 0 radical (unpaired) electrons. The second-order valence-electron chi connectivity index (χ2n) is 4.18. The number of carbonyl (C=O) groups excluding carboxylic acids is 1. The van der Waals surface area contributed by atoms with Gasteiger partial charge in [0.1, 0.15) is 0 Å². The van der Waals surface area contributed by atoms with Crippen molar-refractivity contribution in [3.63, 3.8) is 0 Å². The molecule has 1 atom stereocenters. The van der Waals surface area contributed by atoms with Gasteiger partial charge in [-0.15, -0.1) is 0 Å². The largest absolute Gasteiger partial charge is 0.398 e. The van der Waals surface area contributed by atoms with Crippen molar-refractivity contribution in [2.24, 2.45) is 0 Å². The fourth-order valence-electron chi connectivity index (χ4n) is 1.47. The summed E-state index contributed by atoms with van der Waals surface area (Å²) in [6.45, 7) is 4.79. The standard InChI is InChI=1S/C13H20N2OS/c1-9-4-5-12(14)11(8-9)13(16)15-7-6-10(2)17-3/h4-5,8,10H,6-7,14H2,1-3H3,(H,15,16). The van der Waals surface area contributed by atoms with Crippen LogP contribution in [0.15, 0.2) is 18.2 Å². The predicted octanol–water partition coefficient (Wildman–Crippen LogP) is 2.45. The summed E-state index contributed by atoms with van der Waals surface area (Å²) in [6.07, 6.45) is 3.05. The Morgan fingerprint density at radius 3 is 2.88 bits per heavy atom. The van der Waals surface area contributed by atoms with E-state index in [0.29, 0.717) is 23.0 Å². The molecule has 0 heterocycles. The minimum Gasteiger partial charge on any atom is -0.398 e. The highest BCUT2D eigenvalue weighted by Gasteiger charge is 2.09. The first-order valence-corrected chi connectivity index (χ1v) is 7.00. The topological polar surface area (TPSA) is 55.1 Å². The Morgan fingerprint density at radius 1 is 1.53 bits per heavy atom. The molecule has 0 fully saturated rings. The molecule has 0 aromatic heterocycles. The summed E-state index contributed by atoms with van der Waals surface area (Å²) in [7, 11) is 0. The predicted molar refractivity (Wildman–Crippen MR) is 75.5 cm³/mol. The van der Waals surface area contributed by atoms with Crippen molar-refractivity contribution in [3.8, 4) is 0 Å². The molecule has 1 rings (SSSR count). The maximum absolute atomic E-state index is 11.9. The average Bonchev–Trinajstić information content (AvgIpc) is 2.31. The van der Waals surface area contributed by atoms with Gasteiger partial charge in [0.05, 0.1) is 5.56 Å². The van der Waals surface area contributed by atoms with Gasteiger partial charge in [-0.1, -0.05) is 18.6 Å². The lowest BCUT2D eigenvalue weighted by Gasteiger charge is -2.10. The third-order valence-corrected chi connectivity index (χ3v) is 3.73. The van der Waals surface area contributed by atoms with E-state index in [-0.39, 0.29) is 5.91 Å². The van der Waals surface area contributed by atoms with Crippen LogP contribution in [0.3, 0.4) is 0 Å². The number of aryl methyl sites for hydroxylation is 1. The summed E-state index contributed by atoms with van der Waals surface area (Å²) in [5.41, 5.74) is 7.93. The van der Waals surface area contributed by atoms with E-state index in [1.165, 1.54) is 0 Å². The highest BCUT2D eigenvalue weighted by molar-refractivity contribution is 7.99. The van der Waals surface area contributed by atoms with Crippen molar-refractivity contribution in [2.45, 2.75) is 25.5 Å². The van der Waals surface area contributed by atoms with E-state index >= 15 is 0 Å². The number of thioether (sulfide) groups is 1. The van der Waals surface area contributed by atoms with E-state index in [2.05, 4.69) is 18.5 Å². The first kappa shape index (κ1) is 13.9. The van der Waals surface area contributed by atoms with Crippen LogP contribution < -0.4 is 11.1 Å². The van der Waals surface area contributed by atoms with Crippen molar-refractivity contribution >= 4 is 23.4 Å². The number of anilines is 1. The lowest BCUT2D eigenvalue weighted by Crippen LogP contribution is -2.26. The number of benzene rings is 1. The molecule has 1 unspecified atom stereocenters. The Balaban J connectivity index is 2.55. The van der Waals surface area contributed by atoms with Gasteiger partial charge in [0.25, 0.3) is 5.91 Å². The molecule has 4 heteroatoms. The van der Waals surface area contributed by atoms with E-state index in [0.717, 1.165) is 12.0 Å². The van der Waals surface area contributed by atoms with Gasteiger partial charge in [-0.05, 0) is 31.7 Å². The lowest BCUT2D eigenvalue weighted by atomic mass is 10.1. The molecule has 94 valence electrons. The summed E-state index contributed by atoms with van der Waals surface area (Å²) in [5, 5.41) is 3.46. The van der Waals surface area contributed by atoms with Crippen LogP contribution in [0, 0.1) is 6.92 Å². The Kier molecular flexibility index (Phi) is 5.35. The smallest absolute Gasteiger partial charge is 0.253 e. The third-order valence-electron chi connectivity index (χ3n) is 2.69. The Labute approximate surface area is 107 Å². The van der Waals surface area contributed by atoms with E-state index < -0.39 is 0 Å². The first-order chi connectivity index (χ1) is 8.04. The number of hydrogen-bond acceptors (Lipinski definition) is 3. The zero-order chi connectivity index (χ0) is 12.8. The van der Waals surface area contributed by atoms with Crippen LogP contribution >= 0.6 is 11.8 Å². The summed E-state index contributed by atoms with van der Waals surface area (Å²) in [5.74, 6) is -0.0838. The normalized spacial score (nSPS) is 12.2. The number of nitrogens with one attached hydrogen (secondary N) is 1. The number of rotatable bonds is 5. The lowest BCUT2D eigenvalue weighted by molar-refractivity contribution is 0.0954. The van der Waals surface area contributed by atoms with Crippen LogP contribution in [-0.4, -0.2) is 24.0 Å². The number of hydrogen-bond donors (Lipinski definition) is 2. The molecule has 1 amide bonds. The fourth-order valence-corrected chi connectivity index (χ4v) is 1.82. The molecule has 0 saturated heterocycles. The van der Waals surface area contributed by atoms with Gasteiger partial charge in [0.2, 0.25) is 0 Å². The van der Waals surface area contributed by atoms with Gasteiger partial charge in [-0.25, -0.2) is 0 Å². The van der Waals surface area contributed by atoms with Gasteiger partial charge in [0.15, 0.2) is 0 Å². The van der Waals surface area contributed by atoms with E-state index in [9.17, 15) is 4.79 Å². The van der Waals surface area contributed by atoms with E-state index in [4.69, 9.17) is 5.73 Å². The molecule has 0 aliphatic carbocycles.